The fourth-order valence-electron chi connectivity index (χ4n) is 1.68. The van der Waals surface area contributed by atoms with Crippen molar-refractivity contribution in [3.05, 3.63) is 29.0 Å². The highest BCUT2D eigenvalue weighted by atomic mass is 35.5. The van der Waals surface area contributed by atoms with Crippen molar-refractivity contribution < 1.29 is 9.84 Å². The number of hydrogen-bond donors (Lipinski definition) is 1. The van der Waals surface area contributed by atoms with Gasteiger partial charge >= 0.3 is 0 Å². The van der Waals surface area contributed by atoms with Gasteiger partial charge in [-0.3, -0.25) is 4.98 Å². The van der Waals surface area contributed by atoms with Crippen LogP contribution in [-0.4, -0.2) is 29.4 Å². The van der Waals surface area contributed by atoms with Gasteiger partial charge in [-0.2, -0.15) is 0 Å². The number of pyridine rings is 1. The summed E-state index contributed by atoms with van der Waals surface area (Å²) in [5.74, 6) is 0. The smallest absolute Gasteiger partial charge is 0.0842 e. The van der Waals surface area contributed by atoms with Gasteiger partial charge < -0.3 is 9.84 Å². The first-order chi connectivity index (χ1) is 7.69. The van der Waals surface area contributed by atoms with Gasteiger partial charge in [0.05, 0.1) is 17.2 Å². The van der Waals surface area contributed by atoms with Crippen molar-refractivity contribution in [1.82, 2.24) is 4.98 Å². The number of aromatic nitrogens is 1. The normalized spacial score (nSPS) is 14.8. The first-order valence-corrected chi connectivity index (χ1v) is 5.86. The average molecular weight is 244 g/mol. The summed E-state index contributed by atoms with van der Waals surface area (Å²) in [6, 6.07) is 1.82. The molecule has 0 aliphatic carbocycles. The van der Waals surface area contributed by atoms with Gasteiger partial charge in [0.2, 0.25) is 0 Å². The molecule has 2 unspecified atom stereocenters. The molecule has 1 rings (SSSR count). The van der Waals surface area contributed by atoms with Crippen molar-refractivity contribution in [3.63, 3.8) is 0 Å². The minimum Gasteiger partial charge on any atom is -0.390 e. The molecular formula is C12H18ClNO2. The minimum atomic E-state index is -0.523. The topological polar surface area (TPSA) is 42.4 Å². The van der Waals surface area contributed by atoms with Crippen molar-refractivity contribution in [2.75, 3.05) is 7.11 Å². The second kappa shape index (κ2) is 6.84. The van der Waals surface area contributed by atoms with Gasteiger partial charge in [-0.25, -0.2) is 0 Å². The lowest BCUT2D eigenvalue weighted by Gasteiger charge is -2.21. The van der Waals surface area contributed by atoms with Gasteiger partial charge in [-0.05, 0) is 18.1 Å². The lowest BCUT2D eigenvalue weighted by molar-refractivity contribution is -0.0159. The molecule has 1 aromatic heterocycles. The monoisotopic (exact) mass is 243 g/mol. The van der Waals surface area contributed by atoms with Gasteiger partial charge in [0.15, 0.2) is 0 Å². The average Bonchev–Trinajstić information content (AvgIpc) is 2.29. The Morgan fingerprint density at radius 1 is 1.56 bits per heavy atom. The second-order valence-corrected chi connectivity index (χ2v) is 4.21. The maximum atomic E-state index is 10.0. The number of hydrogen-bond acceptors (Lipinski definition) is 3. The van der Waals surface area contributed by atoms with Crippen LogP contribution >= 0.6 is 11.6 Å². The Kier molecular flexibility index (Phi) is 5.74. The van der Waals surface area contributed by atoms with E-state index in [1.54, 1.807) is 19.5 Å². The van der Waals surface area contributed by atoms with Crippen LogP contribution in [0.5, 0.6) is 0 Å². The fourth-order valence-corrected chi connectivity index (χ4v) is 1.87. The van der Waals surface area contributed by atoms with Crippen LogP contribution < -0.4 is 0 Å². The molecule has 0 radical (unpaired) electrons. The van der Waals surface area contributed by atoms with Crippen LogP contribution in [0.1, 0.15) is 25.3 Å². The first kappa shape index (κ1) is 13.4. The molecule has 0 saturated carbocycles. The number of methoxy groups -OCH3 is 1. The Morgan fingerprint density at radius 3 is 2.88 bits per heavy atom. The molecule has 0 spiro atoms. The van der Waals surface area contributed by atoms with Gasteiger partial charge in [0.25, 0.3) is 0 Å². The second-order valence-electron chi connectivity index (χ2n) is 3.80. The molecule has 1 heterocycles. The predicted molar refractivity (Wildman–Crippen MR) is 64.7 cm³/mol. The molecule has 16 heavy (non-hydrogen) atoms. The molecule has 1 aromatic rings. The van der Waals surface area contributed by atoms with Crippen LogP contribution in [0.3, 0.4) is 0 Å². The Morgan fingerprint density at radius 2 is 2.31 bits per heavy atom. The largest absolute Gasteiger partial charge is 0.390 e. The lowest BCUT2D eigenvalue weighted by atomic mass is 10.0. The van der Waals surface area contributed by atoms with E-state index in [0.29, 0.717) is 11.4 Å². The van der Waals surface area contributed by atoms with E-state index in [2.05, 4.69) is 11.9 Å². The van der Waals surface area contributed by atoms with E-state index in [1.807, 2.05) is 6.07 Å². The van der Waals surface area contributed by atoms with E-state index in [0.717, 1.165) is 18.4 Å². The van der Waals surface area contributed by atoms with Crippen LogP contribution in [-0.2, 0) is 11.2 Å². The van der Waals surface area contributed by atoms with E-state index in [-0.39, 0.29) is 6.10 Å². The third-order valence-corrected chi connectivity index (χ3v) is 2.93. The van der Waals surface area contributed by atoms with Gasteiger partial charge in [0, 0.05) is 25.9 Å². The molecule has 0 saturated heterocycles. The molecule has 0 aromatic carbocycles. The Balaban J connectivity index is 2.62. The summed E-state index contributed by atoms with van der Waals surface area (Å²) >= 11 is 5.98. The Hall–Kier alpha value is -0.640. The van der Waals surface area contributed by atoms with E-state index >= 15 is 0 Å². The molecule has 0 amide bonds. The third kappa shape index (κ3) is 3.74. The van der Waals surface area contributed by atoms with Crippen molar-refractivity contribution in [3.8, 4) is 0 Å². The van der Waals surface area contributed by atoms with Gasteiger partial charge in [0.1, 0.15) is 0 Å². The minimum absolute atomic E-state index is 0.130. The van der Waals surface area contributed by atoms with E-state index in [1.165, 1.54) is 0 Å². The number of ether oxygens (including phenoxy) is 1. The zero-order valence-corrected chi connectivity index (χ0v) is 10.4. The third-order valence-electron chi connectivity index (χ3n) is 2.59. The number of aliphatic hydroxyl groups is 1. The fraction of sp³-hybridized carbons (Fsp3) is 0.583. The summed E-state index contributed by atoms with van der Waals surface area (Å²) in [7, 11) is 1.62. The quantitative estimate of drug-likeness (QED) is 0.835. The van der Waals surface area contributed by atoms with Crippen molar-refractivity contribution in [2.45, 2.75) is 38.4 Å². The van der Waals surface area contributed by atoms with Gasteiger partial charge in [-0.1, -0.05) is 24.9 Å². The Bertz CT molecular complexity index is 320. The molecule has 0 fully saturated rings. The zero-order chi connectivity index (χ0) is 12.0. The maximum absolute atomic E-state index is 10.0. The van der Waals surface area contributed by atoms with Crippen LogP contribution in [0.2, 0.25) is 5.02 Å². The number of halogens is 1. The zero-order valence-electron chi connectivity index (χ0n) is 9.69. The number of aliphatic hydroxyl groups excluding tert-OH is 1. The van der Waals surface area contributed by atoms with Gasteiger partial charge in [-0.15, -0.1) is 0 Å². The van der Waals surface area contributed by atoms with Crippen LogP contribution in [0.4, 0.5) is 0 Å². The predicted octanol–water partition coefficient (Wildman–Crippen LogP) is 2.45. The molecule has 0 aliphatic heterocycles. The molecule has 4 heteroatoms. The number of nitrogens with zero attached hydrogens (tertiary/aromatic N) is 1. The standard InChI is InChI=1S/C12H18ClNO2/c1-3-4-12(16-2)11(15)7-9-5-6-14-8-10(9)13/h5-6,8,11-12,15H,3-4,7H2,1-2H3. The lowest BCUT2D eigenvalue weighted by Crippen LogP contribution is -2.29. The van der Waals surface area contributed by atoms with Crippen molar-refractivity contribution in [2.24, 2.45) is 0 Å². The highest BCUT2D eigenvalue weighted by molar-refractivity contribution is 6.31. The van der Waals surface area contributed by atoms with Crippen molar-refractivity contribution >= 4 is 11.6 Å². The van der Waals surface area contributed by atoms with E-state index in [4.69, 9.17) is 16.3 Å². The first-order valence-electron chi connectivity index (χ1n) is 5.48. The van der Waals surface area contributed by atoms with Crippen molar-refractivity contribution in [1.29, 1.82) is 0 Å². The summed E-state index contributed by atoms with van der Waals surface area (Å²) in [4.78, 5) is 3.91. The highest BCUT2D eigenvalue weighted by Crippen LogP contribution is 2.18. The summed E-state index contributed by atoms with van der Waals surface area (Å²) in [5.41, 5.74) is 0.905. The van der Waals surface area contributed by atoms with Crippen LogP contribution in [0.15, 0.2) is 18.5 Å². The molecular weight excluding hydrogens is 226 g/mol. The maximum Gasteiger partial charge on any atom is 0.0842 e. The molecule has 2 atom stereocenters. The summed E-state index contributed by atoms with van der Waals surface area (Å²) in [6.07, 6.45) is 4.94. The number of rotatable bonds is 6. The van der Waals surface area contributed by atoms with E-state index in [9.17, 15) is 5.11 Å². The Labute approximate surface area is 101 Å². The SMILES string of the molecule is CCCC(OC)C(O)Cc1ccncc1Cl. The highest BCUT2D eigenvalue weighted by Gasteiger charge is 2.19. The molecule has 0 aliphatic rings. The summed E-state index contributed by atoms with van der Waals surface area (Å²) in [5, 5.41) is 10.6. The summed E-state index contributed by atoms with van der Waals surface area (Å²) in [6.45, 7) is 2.07. The molecule has 3 nitrogen and oxygen atoms in total. The molecule has 90 valence electrons. The van der Waals surface area contributed by atoms with Crippen LogP contribution in [0.25, 0.3) is 0 Å². The summed E-state index contributed by atoms with van der Waals surface area (Å²) < 4.78 is 5.26. The molecule has 1 N–H and O–H groups in total. The van der Waals surface area contributed by atoms with Crippen LogP contribution in [0, 0.1) is 0 Å². The molecule has 0 bridgehead atoms. The van der Waals surface area contributed by atoms with E-state index < -0.39 is 6.10 Å².